The van der Waals surface area contributed by atoms with Crippen LogP contribution in [-0.2, 0) is 23.1 Å². The smallest absolute Gasteiger partial charge is 0.330 e. The average molecular weight is 238 g/mol. The predicted octanol–water partition coefficient (Wildman–Crippen LogP) is 1.87. The lowest BCUT2D eigenvalue weighted by molar-refractivity contribution is -0.259. The van der Waals surface area contributed by atoms with Crippen molar-refractivity contribution in [2.24, 2.45) is 5.92 Å². The van der Waals surface area contributed by atoms with Crippen molar-refractivity contribution in [3.8, 4) is 0 Å². The molecule has 0 N–H and O–H groups in total. The second kappa shape index (κ2) is 4.93. The molecule has 1 saturated heterocycles. The van der Waals surface area contributed by atoms with Crippen LogP contribution in [-0.4, -0.2) is 39.4 Å². The van der Waals surface area contributed by atoms with Gasteiger partial charge in [-0.15, -0.1) is 0 Å². The topological polar surface area (TPSA) is 54.0 Å². The molecule has 0 aromatic rings. The molecule has 5 nitrogen and oxygen atoms in total. The van der Waals surface area contributed by atoms with Crippen LogP contribution in [0.3, 0.4) is 0 Å². The summed E-state index contributed by atoms with van der Waals surface area (Å²) >= 11 is 0. The normalized spacial score (nSPS) is 22.9. The second-order valence-corrected chi connectivity index (χ2v) is 6.36. The van der Waals surface area contributed by atoms with Gasteiger partial charge < -0.3 is 18.5 Å². The first kappa shape index (κ1) is 13.1. The van der Waals surface area contributed by atoms with Crippen LogP contribution in [0.4, 0.5) is 0 Å². The summed E-state index contributed by atoms with van der Waals surface area (Å²) in [6.45, 7) is 4.75. The largest absolute Gasteiger partial charge is 0.350 e. The van der Waals surface area contributed by atoms with E-state index in [4.69, 9.17) is 18.5 Å². The van der Waals surface area contributed by atoms with E-state index in [9.17, 15) is 4.57 Å². The van der Waals surface area contributed by atoms with E-state index in [0.29, 0.717) is 19.4 Å². The lowest BCUT2D eigenvalue weighted by Crippen LogP contribution is -2.40. The Bertz CT molecular complexity index is 235. The molecular weight excluding hydrogens is 219 g/mol. The summed E-state index contributed by atoms with van der Waals surface area (Å²) in [5.74, 6) is -0.482. The molecule has 0 spiro atoms. The zero-order chi connectivity index (χ0) is 11.5. The fourth-order valence-electron chi connectivity index (χ4n) is 1.37. The van der Waals surface area contributed by atoms with E-state index < -0.39 is 13.4 Å². The maximum Gasteiger partial charge on any atom is 0.330 e. The summed E-state index contributed by atoms with van der Waals surface area (Å²) < 4.78 is 32.5. The van der Waals surface area contributed by atoms with Crippen LogP contribution in [0.5, 0.6) is 0 Å². The molecule has 0 aromatic carbocycles. The Kier molecular flexibility index (Phi) is 4.32. The molecule has 0 saturated carbocycles. The van der Waals surface area contributed by atoms with E-state index in [1.165, 1.54) is 14.2 Å². The first-order chi connectivity index (χ1) is 6.91. The zero-order valence-corrected chi connectivity index (χ0v) is 10.6. The third kappa shape index (κ3) is 3.85. The van der Waals surface area contributed by atoms with Gasteiger partial charge >= 0.3 is 7.60 Å². The minimum atomic E-state index is -2.95. The highest BCUT2D eigenvalue weighted by Crippen LogP contribution is 2.48. The molecule has 0 amide bonds. The van der Waals surface area contributed by atoms with Gasteiger partial charge in [0.2, 0.25) is 0 Å². The van der Waals surface area contributed by atoms with Crippen LogP contribution in [0.25, 0.3) is 0 Å². The molecule has 0 radical (unpaired) electrons. The molecule has 90 valence electrons. The molecule has 0 atom stereocenters. The molecule has 1 heterocycles. The Morgan fingerprint density at radius 1 is 1.27 bits per heavy atom. The molecule has 1 aliphatic heterocycles. The van der Waals surface area contributed by atoms with Gasteiger partial charge in [0.25, 0.3) is 0 Å². The molecule has 6 heteroatoms. The first-order valence-corrected chi connectivity index (χ1v) is 6.62. The van der Waals surface area contributed by atoms with Gasteiger partial charge in [-0.2, -0.15) is 0 Å². The van der Waals surface area contributed by atoms with Crippen molar-refractivity contribution >= 4 is 7.60 Å². The molecule has 15 heavy (non-hydrogen) atoms. The van der Waals surface area contributed by atoms with Crippen LogP contribution in [0, 0.1) is 5.92 Å². The van der Waals surface area contributed by atoms with E-state index in [0.717, 1.165) is 0 Å². The van der Waals surface area contributed by atoms with Gasteiger partial charge in [-0.1, -0.05) is 0 Å². The van der Waals surface area contributed by atoms with Crippen molar-refractivity contribution in [1.82, 2.24) is 0 Å². The van der Waals surface area contributed by atoms with Crippen LogP contribution < -0.4 is 0 Å². The number of ether oxygens (including phenoxy) is 2. The van der Waals surface area contributed by atoms with Crippen molar-refractivity contribution < 1.29 is 23.1 Å². The summed E-state index contributed by atoms with van der Waals surface area (Å²) in [7, 11) is -0.176. The molecule has 1 rings (SSSR count). The summed E-state index contributed by atoms with van der Waals surface area (Å²) in [6, 6.07) is 0. The average Bonchev–Trinajstić information content (AvgIpc) is 2.21. The Morgan fingerprint density at radius 2 is 1.73 bits per heavy atom. The minimum absolute atomic E-state index is 0.0590. The maximum atomic E-state index is 11.8. The van der Waals surface area contributed by atoms with E-state index in [-0.39, 0.29) is 5.92 Å². The Balaban J connectivity index is 2.45. The Morgan fingerprint density at radius 3 is 2.13 bits per heavy atom. The van der Waals surface area contributed by atoms with Gasteiger partial charge in [0.1, 0.15) is 0 Å². The van der Waals surface area contributed by atoms with Crippen molar-refractivity contribution in [1.29, 1.82) is 0 Å². The first-order valence-electron chi connectivity index (χ1n) is 4.89. The van der Waals surface area contributed by atoms with Crippen molar-refractivity contribution in [3.63, 3.8) is 0 Å². The highest BCUT2D eigenvalue weighted by atomic mass is 31.2. The van der Waals surface area contributed by atoms with E-state index in [1.807, 2.05) is 13.8 Å². The number of hydrogen-bond acceptors (Lipinski definition) is 5. The minimum Gasteiger partial charge on any atom is -0.350 e. The molecule has 0 bridgehead atoms. The Hall–Kier alpha value is 0.0700. The van der Waals surface area contributed by atoms with E-state index >= 15 is 0 Å². The van der Waals surface area contributed by atoms with E-state index in [2.05, 4.69) is 0 Å². The fraction of sp³-hybridized carbons (Fsp3) is 1.00. The summed E-state index contributed by atoms with van der Waals surface area (Å²) in [5, 5.41) is 0. The number of rotatable bonds is 4. The quantitative estimate of drug-likeness (QED) is 0.700. The highest BCUT2D eigenvalue weighted by Gasteiger charge is 2.33. The van der Waals surface area contributed by atoms with Crippen molar-refractivity contribution in [2.45, 2.75) is 19.6 Å². The predicted molar refractivity (Wildman–Crippen MR) is 56.0 cm³/mol. The SMILES string of the molecule is COP(=O)(CC1COC(C)(C)OC1)OC. The zero-order valence-electron chi connectivity index (χ0n) is 9.69. The molecule has 0 unspecified atom stereocenters. The van der Waals surface area contributed by atoms with E-state index in [1.54, 1.807) is 0 Å². The van der Waals surface area contributed by atoms with Crippen LogP contribution in [0.2, 0.25) is 0 Å². The third-order valence-electron chi connectivity index (χ3n) is 2.37. The monoisotopic (exact) mass is 238 g/mol. The highest BCUT2D eigenvalue weighted by molar-refractivity contribution is 7.53. The summed E-state index contributed by atoms with van der Waals surface area (Å²) in [4.78, 5) is 0. The van der Waals surface area contributed by atoms with Crippen LogP contribution in [0.15, 0.2) is 0 Å². The van der Waals surface area contributed by atoms with Gasteiger partial charge in [0, 0.05) is 20.1 Å². The molecule has 0 aromatic heterocycles. The molecule has 1 aliphatic rings. The third-order valence-corrected chi connectivity index (χ3v) is 4.45. The maximum absolute atomic E-state index is 11.8. The van der Waals surface area contributed by atoms with Crippen molar-refractivity contribution in [2.75, 3.05) is 33.6 Å². The van der Waals surface area contributed by atoms with Crippen molar-refractivity contribution in [3.05, 3.63) is 0 Å². The summed E-state index contributed by atoms with van der Waals surface area (Å²) in [6.07, 6.45) is 0.329. The van der Waals surface area contributed by atoms with Crippen LogP contribution >= 0.6 is 7.60 Å². The van der Waals surface area contributed by atoms with Crippen LogP contribution in [0.1, 0.15) is 13.8 Å². The lowest BCUT2D eigenvalue weighted by Gasteiger charge is -2.35. The second-order valence-electron chi connectivity index (χ2n) is 4.05. The lowest BCUT2D eigenvalue weighted by atomic mass is 10.2. The Labute approximate surface area is 90.6 Å². The molecular formula is C9H19O5P. The van der Waals surface area contributed by atoms with Gasteiger partial charge in [0.15, 0.2) is 5.79 Å². The summed E-state index contributed by atoms with van der Waals surface area (Å²) in [5.41, 5.74) is 0. The number of hydrogen-bond donors (Lipinski definition) is 0. The molecule has 1 fully saturated rings. The molecule has 0 aliphatic carbocycles. The van der Waals surface area contributed by atoms with Gasteiger partial charge in [-0.25, -0.2) is 0 Å². The van der Waals surface area contributed by atoms with Gasteiger partial charge in [-0.05, 0) is 13.8 Å². The van der Waals surface area contributed by atoms with Gasteiger partial charge in [-0.3, -0.25) is 4.57 Å². The fourth-order valence-corrected chi connectivity index (χ4v) is 2.66. The standard InChI is InChI=1S/C9H19O5P/c1-9(2)13-5-8(6-14-9)7-15(10,11-3)12-4/h8H,5-7H2,1-4H3. The van der Waals surface area contributed by atoms with Gasteiger partial charge in [0.05, 0.1) is 19.4 Å².